The molecule has 3 heteroatoms. The van der Waals surface area contributed by atoms with Crippen molar-refractivity contribution >= 4 is 8.32 Å². The summed E-state index contributed by atoms with van der Waals surface area (Å²) in [6.07, 6.45) is 0.865. The Morgan fingerprint density at radius 2 is 1.82 bits per heavy atom. The summed E-state index contributed by atoms with van der Waals surface area (Å²) in [5.41, 5.74) is 1.08. The molecule has 1 aromatic carbocycles. The second-order valence-corrected chi connectivity index (χ2v) is 10.7. The SMILES string of the molecule is CCc1ccc(F)cc1O[Si](C)(C)C(C)(C)C. The van der Waals surface area contributed by atoms with E-state index in [9.17, 15) is 4.39 Å². The molecule has 0 saturated heterocycles. The summed E-state index contributed by atoms with van der Waals surface area (Å²) >= 11 is 0. The first kappa shape index (κ1) is 14.2. The maximum Gasteiger partial charge on any atom is 0.250 e. The van der Waals surface area contributed by atoms with Crippen LogP contribution in [0.25, 0.3) is 0 Å². The predicted octanol–water partition coefficient (Wildman–Crippen LogP) is 4.77. The molecule has 0 N–H and O–H groups in total. The highest BCUT2D eigenvalue weighted by Crippen LogP contribution is 2.38. The summed E-state index contributed by atoms with van der Waals surface area (Å²) in [5, 5.41) is 0.129. The molecule has 0 fully saturated rings. The van der Waals surface area contributed by atoms with Crippen LogP contribution in [0.4, 0.5) is 4.39 Å². The minimum atomic E-state index is -1.88. The standard InChI is InChI=1S/C14H23FOSi/c1-7-11-8-9-12(15)10-13(11)16-17(5,6)14(2,3)4/h8-10H,7H2,1-6H3. The number of aryl methyl sites for hydroxylation is 1. The third-order valence-electron chi connectivity index (χ3n) is 3.58. The molecule has 17 heavy (non-hydrogen) atoms. The molecule has 0 amide bonds. The van der Waals surface area contributed by atoms with Crippen LogP contribution in [0, 0.1) is 5.82 Å². The van der Waals surface area contributed by atoms with Crippen molar-refractivity contribution in [2.45, 2.75) is 52.2 Å². The lowest BCUT2D eigenvalue weighted by atomic mass is 10.1. The van der Waals surface area contributed by atoms with Gasteiger partial charge >= 0.3 is 0 Å². The highest BCUT2D eigenvalue weighted by atomic mass is 28.4. The molecule has 0 spiro atoms. The Kier molecular flexibility index (Phi) is 4.02. The second kappa shape index (κ2) is 4.81. The van der Waals surface area contributed by atoms with Crippen LogP contribution in [0.3, 0.4) is 0 Å². The zero-order chi connectivity index (χ0) is 13.3. The third-order valence-corrected chi connectivity index (χ3v) is 7.92. The van der Waals surface area contributed by atoms with Gasteiger partial charge in [-0.3, -0.25) is 0 Å². The first-order chi connectivity index (χ1) is 7.67. The van der Waals surface area contributed by atoms with Crippen LogP contribution in [0.1, 0.15) is 33.3 Å². The molecule has 0 radical (unpaired) electrons. The summed E-state index contributed by atoms with van der Waals surface area (Å²) in [5.74, 6) is 0.495. The summed E-state index contributed by atoms with van der Waals surface area (Å²) in [7, 11) is -1.88. The minimum absolute atomic E-state index is 0.129. The summed E-state index contributed by atoms with van der Waals surface area (Å²) in [6, 6.07) is 4.83. The molecule has 0 heterocycles. The number of hydrogen-bond acceptors (Lipinski definition) is 1. The average Bonchev–Trinajstić information content (AvgIpc) is 2.15. The molecule has 0 saturated carbocycles. The second-order valence-electron chi connectivity index (χ2n) is 5.97. The molecular weight excluding hydrogens is 231 g/mol. The van der Waals surface area contributed by atoms with Crippen molar-refractivity contribution in [1.82, 2.24) is 0 Å². The van der Waals surface area contributed by atoms with E-state index in [1.54, 1.807) is 0 Å². The minimum Gasteiger partial charge on any atom is -0.543 e. The smallest absolute Gasteiger partial charge is 0.250 e. The lowest BCUT2D eigenvalue weighted by molar-refractivity contribution is 0.482. The number of rotatable bonds is 3. The van der Waals surface area contributed by atoms with Crippen LogP contribution in [0.15, 0.2) is 18.2 Å². The fourth-order valence-corrected chi connectivity index (χ4v) is 2.39. The van der Waals surface area contributed by atoms with Gasteiger partial charge in [-0.25, -0.2) is 4.39 Å². The van der Waals surface area contributed by atoms with Crippen molar-refractivity contribution < 1.29 is 8.82 Å². The molecule has 0 bridgehead atoms. The molecule has 0 aliphatic heterocycles. The largest absolute Gasteiger partial charge is 0.543 e. The zero-order valence-corrected chi connectivity index (χ0v) is 12.7. The molecule has 1 nitrogen and oxygen atoms in total. The third kappa shape index (κ3) is 3.31. The summed E-state index contributed by atoms with van der Waals surface area (Å²) < 4.78 is 19.5. The summed E-state index contributed by atoms with van der Waals surface area (Å²) in [6.45, 7) is 13.0. The van der Waals surface area contributed by atoms with Gasteiger partial charge in [0, 0.05) is 6.07 Å². The van der Waals surface area contributed by atoms with Crippen molar-refractivity contribution in [1.29, 1.82) is 0 Å². The van der Waals surface area contributed by atoms with Gasteiger partial charge in [0.05, 0.1) is 0 Å². The monoisotopic (exact) mass is 254 g/mol. The van der Waals surface area contributed by atoms with Gasteiger partial charge in [0.2, 0.25) is 8.32 Å². The van der Waals surface area contributed by atoms with E-state index in [0.717, 1.165) is 17.7 Å². The van der Waals surface area contributed by atoms with E-state index in [0.29, 0.717) is 0 Å². The number of benzene rings is 1. The highest BCUT2D eigenvalue weighted by molar-refractivity contribution is 6.74. The Hall–Kier alpha value is -0.833. The van der Waals surface area contributed by atoms with Crippen molar-refractivity contribution in [2.75, 3.05) is 0 Å². The van der Waals surface area contributed by atoms with E-state index in [4.69, 9.17) is 4.43 Å². The lowest BCUT2D eigenvalue weighted by Gasteiger charge is -2.37. The fraction of sp³-hybridized carbons (Fsp3) is 0.571. The van der Waals surface area contributed by atoms with E-state index in [2.05, 4.69) is 40.8 Å². The molecule has 0 atom stereocenters. The van der Waals surface area contributed by atoms with E-state index < -0.39 is 8.32 Å². The molecule has 96 valence electrons. The Bertz CT molecular complexity index is 394. The van der Waals surface area contributed by atoms with Crippen LogP contribution in [-0.2, 0) is 6.42 Å². The van der Waals surface area contributed by atoms with Gasteiger partial charge in [0.1, 0.15) is 11.6 Å². The van der Waals surface area contributed by atoms with E-state index in [-0.39, 0.29) is 10.9 Å². The quantitative estimate of drug-likeness (QED) is 0.706. The van der Waals surface area contributed by atoms with E-state index in [1.165, 1.54) is 12.1 Å². The Balaban J connectivity index is 3.06. The van der Waals surface area contributed by atoms with Crippen molar-refractivity contribution in [3.8, 4) is 5.75 Å². The van der Waals surface area contributed by atoms with Gasteiger partial charge in [-0.1, -0.05) is 33.8 Å². The van der Waals surface area contributed by atoms with Crippen LogP contribution < -0.4 is 4.43 Å². The maximum absolute atomic E-state index is 13.3. The van der Waals surface area contributed by atoms with Gasteiger partial charge in [0.15, 0.2) is 0 Å². The van der Waals surface area contributed by atoms with Crippen molar-refractivity contribution in [3.63, 3.8) is 0 Å². The molecule has 1 aromatic rings. The molecule has 0 unspecified atom stereocenters. The molecular formula is C14H23FOSi. The lowest BCUT2D eigenvalue weighted by Crippen LogP contribution is -2.44. The Morgan fingerprint density at radius 1 is 1.24 bits per heavy atom. The highest BCUT2D eigenvalue weighted by Gasteiger charge is 2.39. The Labute approximate surface area is 105 Å². The van der Waals surface area contributed by atoms with E-state index in [1.807, 2.05) is 6.07 Å². The molecule has 0 aromatic heterocycles. The fourth-order valence-electron chi connectivity index (χ4n) is 1.34. The van der Waals surface area contributed by atoms with Gasteiger partial charge in [-0.2, -0.15) is 0 Å². The van der Waals surface area contributed by atoms with Crippen LogP contribution in [-0.4, -0.2) is 8.32 Å². The maximum atomic E-state index is 13.3. The predicted molar refractivity (Wildman–Crippen MR) is 73.6 cm³/mol. The summed E-state index contributed by atoms with van der Waals surface area (Å²) in [4.78, 5) is 0. The topological polar surface area (TPSA) is 9.23 Å². The van der Waals surface area contributed by atoms with Crippen LogP contribution >= 0.6 is 0 Å². The molecule has 0 aliphatic rings. The van der Waals surface area contributed by atoms with Crippen LogP contribution in [0.5, 0.6) is 5.75 Å². The first-order valence-electron chi connectivity index (χ1n) is 6.15. The first-order valence-corrected chi connectivity index (χ1v) is 9.05. The van der Waals surface area contributed by atoms with Gasteiger partial charge in [-0.15, -0.1) is 0 Å². The number of hydrogen-bond donors (Lipinski definition) is 0. The van der Waals surface area contributed by atoms with Crippen molar-refractivity contribution in [3.05, 3.63) is 29.6 Å². The van der Waals surface area contributed by atoms with E-state index >= 15 is 0 Å². The van der Waals surface area contributed by atoms with Crippen molar-refractivity contribution in [2.24, 2.45) is 0 Å². The number of halogens is 1. The van der Waals surface area contributed by atoms with Gasteiger partial charge in [0.25, 0.3) is 0 Å². The van der Waals surface area contributed by atoms with Crippen LogP contribution in [0.2, 0.25) is 18.1 Å². The molecule has 0 aliphatic carbocycles. The normalized spacial score (nSPS) is 12.6. The van der Waals surface area contributed by atoms with Gasteiger partial charge < -0.3 is 4.43 Å². The average molecular weight is 254 g/mol. The molecule has 1 rings (SSSR count). The zero-order valence-electron chi connectivity index (χ0n) is 11.7. The van der Waals surface area contributed by atoms with Gasteiger partial charge in [-0.05, 0) is 36.2 Å². The Morgan fingerprint density at radius 3 is 2.29 bits per heavy atom.